The molecule has 0 aromatic rings. The molecule has 0 spiro atoms. The molecule has 0 bridgehead atoms. The summed E-state index contributed by atoms with van der Waals surface area (Å²) in [7, 11) is 0. The number of carboxylic acids is 1. The summed E-state index contributed by atoms with van der Waals surface area (Å²) in [6.45, 7) is 6.56. The molecule has 2 N–H and O–H groups in total. The quantitative estimate of drug-likeness (QED) is 0.687. The molecule has 2 atom stereocenters. The van der Waals surface area contributed by atoms with E-state index in [1.165, 1.54) is 19.3 Å². The standard InChI is InChI=1S/C16H30N2O3/c1-3-5-6-13(4-2)11-17-16(21)18-10-9-14(12-18)7-8-15(19)20/h13-14H,3-12H2,1-2H3,(H,17,21)(H,19,20). The van der Waals surface area contributed by atoms with Gasteiger partial charge in [0.25, 0.3) is 0 Å². The van der Waals surface area contributed by atoms with Gasteiger partial charge in [-0.3, -0.25) is 4.79 Å². The van der Waals surface area contributed by atoms with Gasteiger partial charge < -0.3 is 15.3 Å². The minimum atomic E-state index is -0.750. The van der Waals surface area contributed by atoms with E-state index in [1.54, 1.807) is 0 Å². The van der Waals surface area contributed by atoms with E-state index in [2.05, 4.69) is 19.2 Å². The molecule has 1 heterocycles. The molecular formula is C16H30N2O3. The number of carbonyl (C=O) groups excluding carboxylic acids is 1. The van der Waals surface area contributed by atoms with Gasteiger partial charge in [0.2, 0.25) is 0 Å². The Morgan fingerprint density at radius 3 is 2.76 bits per heavy atom. The van der Waals surface area contributed by atoms with E-state index in [-0.39, 0.29) is 12.5 Å². The van der Waals surface area contributed by atoms with Crippen molar-refractivity contribution in [2.45, 2.75) is 58.8 Å². The monoisotopic (exact) mass is 298 g/mol. The molecule has 1 aliphatic rings. The molecule has 122 valence electrons. The molecule has 0 saturated carbocycles. The van der Waals surface area contributed by atoms with Crippen molar-refractivity contribution >= 4 is 12.0 Å². The average Bonchev–Trinajstić information content (AvgIpc) is 2.94. The lowest BCUT2D eigenvalue weighted by atomic mass is 9.99. The van der Waals surface area contributed by atoms with Crippen molar-refractivity contribution in [2.75, 3.05) is 19.6 Å². The molecule has 21 heavy (non-hydrogen) atoms. The number of amides is 2. The van der Waals surface area contributed by atoms with Crippen molar-refractivity contribution in [3.8, 4) is 0 Å². The van der Waals surface area contributed by atoms with Gasteiger partial charge in [-0.2, -0.15) is 0 Å². The Bertz CT molecular complexity index is 333. The lowest BCUT2D eigenvalue weighted by Gasteiger charge is -2.20. The Hall–Kier alpha value is -1.26. The maximum atomic E-state index is 12.1. The minimum absolute atomic E-state index is 0.0165. The van der Waals surface area contributed by atoms with E-state index < -0.39 is 5.97 Å². The number of hydrogen-bond donors (Lipinski definition) is 2. The number of urea groups is 1. The molecule has 0 aromatic carbocycles. The molecule has 1 rings (SSSR count). The van der Waals surface area contributed by atoms with Crippen LogP contribution in [0.5, 0.6) is 0 Å². The minimum Gasteiger partial charge on any atom is -0.481 e. The zero-order chi connectivity index (χ0) is 15.7. The maximum absolute atomic E-state index is 12.1. The van der Waals surface area contributed by atoms with E-state index in [9.17, 15) is 9.59 Å². The summed E-state index contributed by atoms with van der Waals surface area (Å²) >= 11 is 0. The second-order valence-electron chi connectivity index (χ2n) is 6.14. The first-order chi connectivity index (χ1) is 10.1. The fourth-order valence-corrected chi connectivity index (χ4v) is 2.87. The van der Waals surface area contributed by atoms with Crippen LogP contribution in [0.4, 0.5) is 4.79 Å². The maximum Gasteiger partial charge on any atom is 0.317 e. The number of hydrogen-bond acceptors (Lipinski definition) is 2. The number of rotatable bonds is 9. The zero-order valence-electron chi connectivity index (χ0n) is 13.4. The SMILES string of the molecule is CCCCC(CC)CNC(=O)N1CCC(CCC(=O)O)C1. The van der Waals surface area contributed by atoms with Crippen LogP contribution in [0.1, 0.15) is 58.8 Å². The second-order valence-corrected chi connectivity index (χ2v) is 6.14. The van der Waals surface area contributed by atoms with Gasteiger partial charge in [0.1, 0.15) is 0 Å². The topological polar surface area (TPSA) is 69.6 Å². The number of nitrogens with one attached hydrogen (secondary N) is 1. The highest BCUT2D eigenvalue weighted by molar-refractivity contribution is 5.74. The Labute approximate surface area is 128 Å². The van der Waals surface area contributed by atoms with Crippen LogP contribution in [0.3, 0.4) is 0 Å². The molecule has 1 aliphatic heterocycles. The van der Waals surface area contributed by atoms with Crippen LogP contribution >= 0.6 is 0 Å². The Morgan fingerprint density at radius 2 is 2.14 bits per heavy atom. The van der Waals surface area contributed by atoms with Gasteiger partial charge in [-0.05, 0) is 31.1 Å². The van der Waals surface area contributed by atoms with Crippen LogP contribution in [0.25, 0.3) is 0 Å². The van der Waals surface area contributed by atoms with Crippen molar-refractivity contribution < 1.29 is 14.7 Å². The number of unbranched alkanes of at least 4 members (excludes halogenated alkanes) is 1. The van der Waals surface area contributed by atoms with Crippen molar-refractivity contribution in [3.63, 3.8) is 0 Å². The molecule has 1 fully saturated rings. The third-order valence-electron chi connectivity index (χ3n) is 4.42. The van der Waals surface area contributed by atoms with Gasteiger partial charge in [-0.25, -0.2) is 4.79 Å². The predicted molar refractivity (Wildman–Crippen MR) is 83.3 cm³/mol. The fourth-order valence-electron chi connectivity index (χ4n) is 2.87. The summed E-state index contributed by atoms with van der Waals surface area (Å²) in [5.41, 5.74) is 0. The normalized spacial score (nSPS) is 19.5. The molecule has 1 saturated heterocycles. The Balaban J connectivity index is 2.25. The van der Waals surface area contributed by atoms with E-state index >= 15 is 0 Å². The first-order valence-electron chi connectivity index (χ1n) is 8.31. The molecule has 5 heteroatoms. The van der Waals surface area contributed by atoms with Gasteiger partial charge in [0.05, 0.1) is 0 Å². The summed E-state index contributed by atoms with van der Waals surface area (Å²) in [6.07, 6.45) is 6.49. The molecule has 0 aliphatic carbocycles. The van der Waals surface area contributed by atoms with Gasteiger partial charge in [-0.1, -0.05) is 33.1 Å². The number of nitrogens with zero attached hydrogens (tertiary/aromatic N) is 1. The van der Waals surface area contributed by atoms with Crippen LogP contribution in [0, 0.1) is 11.8 Å². The van der Waals surface area contributed by atoms with Crippen LogP contribution in [0.2, 0.25) is 0 Å². The molecule has 0 radical (unpaired) electrons. The lowest BCUT2D eigenvalue weighted by Crippen LogP contribution is -2.40. The first-order valence-corrected chi connectivity index (χ1v) is 8.31. The summed E-state index contributed by atoms with van der Waals surface area (Å²) in [4.78, 5) is 24.5. The zero-order valence-corrected chi connectivity index (χ0v) is 13.4. The molecular weight excluding hydrogens is 268 g/mol. The lowest BCUT2D eigenvalue weighted by molar-refractivity contribution is -0.137. The highest BCUT2D eigenvalue weighted by Crippen LogP contribution is 2.21. The molecule has 0 aromatic heterocycles. The number of carboxylic acid groups (broad SMARTS) is 1. The number of carbonyl (C=O) groups is 2. The average molecular weight is 298 g/mol. The van der Waals surface area contributed by atoms with Gasteiger partial charge in [-0.15, -0.1) is 0 Å². The molecule has 2 amide bonds. The second kappa shape index (κ2) is 9.64. The third-order valence-corrected chi connectivity index (χ3v) is 4.42. The summed E-state index contributed by atoms with van der Waals surface area (Å²) in [5, 5.41) is 11.7. The van der Waals surface area contributed by atoms with E-state index in [1.807, 2.05) is 4.90 Å². The van der Waals surface area contributed by atoms with Crippen LogP contribution in [0.15, 0.2) is 0 Å². The smallest absolute Gasteiger partial charge is 0.317 e. The van der Waals surface area contributed by atoms with Crippen molar-refractivity contribution in [1.29, 1.82) is 0 Å². The van der Waals surface area contributed by atoms with E-state index in [0.29, 0.717) is 24.8 Å². The van der Waals surface area contributed by atoms with Gasteiger partial charge in [0.15, 0.2) is 0 Å². The van der Waals surface area contributed by atoms with Crippen molar-refractivity contribution in [3.05, 3.63) is 0 Å². The van der Waals surface area contributed by atoms with Crippen LogP contribution in [-0.4, -0.2) is 41.6 Å². The van der Waals surface area contributed by atoms with Crippen molar-refractivity contribution in [2.24, 2.45) is 11.8 Å². The predicted octanol–water partition coefficient (Wildman–Crippen LogP) is 3.10. The Morgan fingerprint density at radius 1 is 1.38 bits per heavy atom. The molecule has 5 nitrogen and oxygen atoms in total. The number of aliphatic carboxylic acids is 1. The summed E-state index contributed by atoms with van der Waals surface area (Å²) in [6, 6.07) is 0.0165. The van der Waals surface area contributed by atoms with Crippen molar-refractivity contribution in [1.82, 2.24) is 10.2 Å². The highest BCUT2D eigenvalue weighted by Gasteiger charge is 2.26. The van der Waals surface area contributed by atoms with Crippen LogP contribution < -0.4 is 5.32 Å². The first kappa shape index (κ1) is 17.8. The molecule has 2 unspecified atom stereocenters. The number of likely N-dealkylation sites (tertiary alicyclic amines) is 1. The van der Waals surface area contributed by atoms with E-state index in [0.717, 1.165) is 25.9 Å². The summed E-state index contributed by atoms with van der Waals surface area (Å²) in [5.74, 6) is 0.160. The van der Waals surface area contributed by atoms with Gasteiger partial charge >= 0.3 is 12.0 Å². The Kier molecular flexibility index (Phi) is 8.16. The van der Waals surface area contributed by atoms with Gasteiger partial charge in [0, 0.05) is 26.1 Å². The fraction of sp³-hybridized carbons (Fsp3) is 0.875. The summed E-state index contributed by atoms with van der Waals surface area (Å²) < 4.78 is 0. The van der Waals surface area contributed by atoms with E-state index in [4.69, 9.17) is 5.11 Å². The van der Waals surface area contributed by atoms with Crippen LogP contribution in [-0.2, 0) is 4.79 Å². The highest BCUT2D eigenvalue weighted by atomic mass is 16.4. The largest absolute Gasteiger partial charge is 0.481 e. The third kappa shape index (κ3) is 6.82.